The van der Waals surface area contributed by atoms with E-state index in [9.17, 15) is 4.79 Å². The second-order valence-corrected chi connectivity index (χ2v) is 11.9. The molecular weight excluding hydrogens is 514 g/mol. The zero-order chi connectivity index (χ0) is 26.6. The zero-order valence-electron chi connectivity index (χ0n) is 21.7. The van der Waals surface area contributed by atoms with Crippen molar-refractivity contribution in [2.75, 3.05) is 36.8 Å². The number of nitrogens with zero attached hydrogens (tertiary/aromatic N) is 6. The number of hydrogen-bond acceptors (Lipinski definition) is 9. The highest BCUT2D eigenvalue weighted by atomic mass is 35.5. The Hall–Kier alpha value is -3.30. The predicted octanol–water partition coefficient (Wildman–Crippen LogP) is 4.26. The summed E-state index contributed by atoms with van der Waals surface area (Å²) in [5, 5.41) is 10.1. The first-order valence-corrected chi connectivity index (χ1v) is 14.3. The lowest BCUT2D eigenvalue weighted by Gasteiger charge is -2.66. The summed E-state index contributed by atoms with van der Waals surface area (Å²) in [6.45, 7) is 3.31. The van der Waals surface area contributed by atoms with Crippen molar-refractivity contribution in [2.24, 2.45) is 17.8 Å². The number of halogens is 1. The van der Waals surface area contributed by atoms with Crippen LogP contribution in [-0.4, -0.2) is 57.4 Å². The van der Waals surface area contributed by atoms with E-state index in [2.05, 4.69) is 21.2 Å². The van der Waals surface area contributed by atoms with E-state index in [0.717, 1.165) is 62.4 Å². The monoisotopic (exact) mass is 545 g/mol. The fourth-order valence-electron chi connectivity index (χ4n) is 7.67. The summed E-state index contributed by atoms with van der Waals surface area (Å²) in [4.78, 5) is 30.4. The molecule has 3 aromatic rings. The maximum absolute atomic E-state index is 12.4. The van der Waals surface area contributed by atoms with Gasteiger partial charge in [-0.05, 0) is 68.1 Å². The summed E-state index contributed by atoms with van der Waals surface area (Å²) in [6, 6.07) is 13.0. The first-order valence-electron chi connectivity index (χ1n) is 13.9. The van der Waals surface area contributed by atoms with Crippen molar-refractivity contribution in [1.29, 1.82) is 0 Å². The molecule has 0 spiro atoms. The number of benzene rings is 1. The van der Waals surface area contributed by atoms with Gasteiger partial charge in [-0.25, -0.2) is 14.8 Å². The van der Waals surface area contributed by atoms with Crippen LogP contribution in [0.1, 0.15) is 59.9 Å². The molecular formula is C29H32ClN7O2. The summed E-state index contributed by atoms with van der Waals surface area (Å²) in [7, 11) is 0. The highest BCUT2D eigenvalue weighted by Gasteiger charge is 2.67. The fraction of sp³-hybridized carbons (Fsp3) is 0.483. The van der Waals surface area contributed by atoms with Crippen LogP contribution in [0.25, 0.3) is 0 Å². The Kier molecular flexibility index (Phi) is 6.16. The van der Waals surface area contributed by atoms with Gasteiger partial charge in [0.25, 0.3) is 0 Å². The van der Waals surface area contributed by atoms with Crippen molar-refractivity contribution in [3.05, 3.63) is 70.9 Å². The molecule has 2 unspecified atom stereocenters. The van der Waals surface area contributed by atoms with Crippen molar-refractivity contribution in [3.63, 3.8) is 0 Å². The number of carbonyl (C=O) groups is 1. The van der Waals surface area contributed by atoms with Crippen LogP contribution in [0, 0.1) is 17.8 Å². The van der Waals surface area contributed by atoms with E-state index in [4.69, 9.17) is 32.1 Å². The average molecular weight is 546 g/mol. The third-order valence-corrected chi connectivity index (χ3v) is 9.64. The van der Waals surface area contributed by atoms with Crippen molar-refractivity contribution >= 4 is 29.1 Å². The van der Waals surface area contributed by atoms with Gasteiger partial charge in [0.1, 0.15) is 5.82 Å². The minimum absolute atomic E-state index is 0.104. The van der Waals surface area contributed by atoms with E-state index in [0.29, 0.717) is 53.3 Å². The van der Waals surface area contributed by atoms with Crippen LogP contribution in [-0.2, 0) is 10.3 Å². The standard InChI is InChI=1S/C29H32ClN7O2/c30-24-14-23(26(31)35-34-24)36-11-7-20-15-29(16-21(17-36)25(20)29)28-32-10-6-22(33-28)18-8-12-37(13-9-18)39-27(38)19-4-2-1-3-5-19/h1-6,10,14,18,20-21,25H,7-9,11-13,15-17H2,(H2,31,35)/t20-,21+,25?,29?/m0/s1. The third-order valence-electron chi connectivity index (χ3n) is 9.46. The Morgan fingerprint density at radius 3 is 2.64 bits per heavy atom. The SMILES string of the molecule is Nc1nnc(Cl)cc1N1CC[C@H]2CC3(c4nccc(C5CCN(OC(=O)c6ccccc6)CC5)n4)C[C@H](C1)C23. The number of hydrogen-bond donors (Lipinski definition) is 1. The van der Waals surface area contributed by atoms with Crippen LogP contribution in [0.5, 0.6) is 0 Å². The molecule has 4 aliphatic rings. The minimum Gasteiger partial charge on any atom is -0.380 e. The normalized spacial score (nSPS) is 28.5. The van der Waals surface area contributed by atoms with E-state index in [1.165, 1.54) is 0 Å². The number of rotatable bonds is 5. The molecule has 7 rings (SSSR count). The van der Waals surface area contributed by atoms with Gasteiger partial charge in [-0.15, -0.1) is 15.3 Å². The maximum Gasteiger partial charge on any atom is 0.357 e. The summed E-state index contributed by atoms with van der Waals surface area (Å²) in [5.41, 5.74) is 8.85. The van der Waals surface area contributed by atoms with Gasteiger partial charge >= 0.3 is 5.97 Å². The van der Waals surface area contributed by atoms with Gasteiger partial charge in [-0.2, -0.15) is 0 Å². The van der Waals surface area contributed by atoms with Gasteiger partial charge in [0.15, 0.2) is 11.0 Å². The number of aromatic nitrogens is 4. The molecule has 2 saturated carbocycles. The van der Waals surface area contributed by atoms with E-state index in [1.807, 2.05) is 30.5 Å². The van der Waals surface area contributed by atoms with Crippen LogP contribution < -0.4 is 10.6 Å². The summed E-state index contributed by atoms with van der Waals surface area (Å²) in [5.74, 6) is 3.40. The maximum atomic E-state index is 12.4. The molecule has 1 aromatic carbocycles. The van der Waals surface area contributed by atoms with Gasteiger partial charge in [0.2, 0.25) is 0 Å². The topological polar surface area (TPSA) is 110 Å². The summed E-state index contributed by atoms with van der Waals surface area (Å²) in [6.07, 6.45) is 7.14. The number of hydroxylamine groups is 2. The van der Waals surface area contributed by atoms with Crippen LogP contribution >= 0.6 is 11.6 Å². The van der Waals surface area contributed by atoms with Crippen molar-refractivity contribution in [1.82, 2.24) is 25.2 Å². The highest BCUT2D eigenvalue weighted by molar-refractivity contribution is 6.29. The fourth-order valence-corrected chi connectivity index (χ4v) is 7.81. The average Bonchev–Trinajstić information content (AvgIpc) is 3.00. The smallest absolute Gasteiger partial charge is 0.357 e. The van der Waals surface area contributed by atoms with Gasteiger partial charge < -0.3 is 15.5 Å². The molecule has 4 heterocycles. The van der Waals surface area contributed by atoms with Crippen LogP contribution in [0.3, 0.4) is 0 Å². The molecule has 2 aliphatic heterocycles. The molecule has 4 atom stereocenters. The van der Waals surface area contributed by atoms with Gasteiger partial charge in [0.05, 0.1) is 11.3 Å². The minimum atomic E-state index is -0.301. The zero-order valence-corrected chi connectivity index (χ0v) is 22.5. The number of nitrogen functional groups attached to an aromatic ring is 1. The first-order chi connectivity index (χ1) is 19.0. The van der Waals surface area contributed by atoms with Crippen molar-refractivity contribution < 1.29 is 9.63 Å². The molecule has 0 amide bonds. The third kappa shape index (κ3) is 4.32. The highest BCUT2D eigenvalue weighted by Crippen LogP contribution is 2.69. The van der Waals surface area contributed by atoms with E-state index in [-0.39, 0.29) is 11.4 Å². The lowest BCUT2D eigenvalue weighted by Crippen LogP contribution is -2.65. The van der Waals surface area contributed by atoms with Crippen molar-refractivity contribution in [2.45, 2.75) is 43.4 Å². The largest absolute Gasteiger partial charge is 0.380 e. The predicted molar refractivity (Wildman–Crippen MR) is 147 cm³/mol. The van der Waals surface area contributed by atoms with E-state index < -0.39 is 0 Å². The molecule has 0 bridgehead atoms. The summed E-state index contributed by atoms with van der Waals surface area (Å²) < 4.78 is 0. The molecule has 2 saturated heterocycles. The van der Waals surface area contributed by atoms with Gasteiger partial charge in [0, 0.05) is 55.5 Å². The molecule has 202 valence electrons. The molecule has 2 aromatic heterocycles. The molecule has 0 radical (unpaired) electrons. The van der Waals surface area contributed by atoms with Crippen LogP contribution in [0.15, 0.2) is 48.7 Å². The number of nitrogens with two attached hydrogens (primary N) is 1. The number of piperidine rings is 1. The second kappa shape index (κ2) is 9.71. The molecule has 4 fully saturated rings. The molecule has 2 aliphatic carbocycles. The van der Waals surface area contributed by atoms with Gasteiger partial charge in [-0.3, -0.25) is 0 Å². The Bertz CT molecular complexity index is 1380. The molecule has 2 N–H and O–H groups in total. The van der Waals surface area contributed by atoms with Gasteiger partial charge in [-0.1, -0.05) is 29.8 Å². The Balaban J connectivity index is 1.00. The second-order valence-electron chi connectivity index (χ2n) is 11.5. The number of carbonyl (C=O) groups excluding carboxylic acids is 1. The first kappa shape index (κ1) is 24.7. The quantitative estimate of drug-likeness (QED) is 0.502. The lowest BCUT2D eigenvalue weighted by atomic mass is 9.38. The van der Waals surface area contributed by atoms with Crippen LogP contribution in [0.2, 0.25) is 5.15 Å². The lowest BCUT2D eigenvalue weighted by molar-refractivity contribution is -0.123. The van der Waals surface area contributed by atoms with Crippen molar-refractivity contribution in [3.8, 4) is 0 Å². The summed E-state index contributed by atoms with van der Waals surface area (Å²) >= 11 is 6.13. The van der Waals surface area contributed by atoms with E-state index in [1.54, 1.807) is 17.2 Å². The Morgan fingerprint density at radius 2 is 1.82 bits per heavy atom. The Morgan fingerprint density at radius 1 is 1.03 bits per heavy atom. The van der Waals surface area contributed by atoms with Crippen LogP contribution in [0.4, 0.5) is 11.5 Å². The molecule has 39 heavy (non-hydrogen) atoms. The van der Waals surface area contributed by atoms with E-state index >= 15 is 0 Å². The molecule has 9 nitrogen and oxygen atoms in total. The number of anilines is 2. The molecule has 10 heteroatoms. The Labute approximate surface area is 232 Å².